The molecule has 1 aromatic heterocycles. The summed E-state index contributed by atoms with van der Waals surface area (Å²) in [5.41, 5.74) is 1.60. The molecule has 1 heterocycles. The molecule has 2 N–H and O–H groups in total. The van der Waals surface area contributed by atoms with Gasteiger partial charge in [-0.1, -0.05) is 18.2 Å². The zero-order valence-electron chi connectivity index (χ0n) is 14.7. The van der Waals surface area contributed by atoms with Gasteiger partial charge in [-0.3, -0.25) is 4.98 Å². The zero-order chi connectivity index (χ0) is 19.5. The molecule has 0 radical (unpaired) electrons. The van der Waals surface area contributed by atoms with Crippen molar-refractivity contribution in [3.8, 4) is 11.1 Å². The normalized spacial score (nSPS) is 13.7. The van der Waals surface area contributed by atoms with Gasteiger partial charge < -0.3 is 9.87 Å². The maximum absolute atomic E-state index is 12.7. The Balaban J connectivity index is 2.38. The molecule has 8 heteroatoms. The van der Waals surface area contributed by atoms with Crippen molar-refractivity contribution < 1.29 is 21.9 Å². The highest BCUT2D eigenvalue weighted by Crippen LogP contribution is 2.29. The average molecular weight is 386 g/mol. The van der Waals surface area contributed by atoms with Crippen LogP contribution in [-0.2, 0) is 29.6 Å². The third-order valence-corrected chi connectivity index (χ3v) is 4.13. The molecule has 142 valence electrons. The van der Waals surface area contributed by atoms with Crippen LogP contribution in [0.5, 0.6) is 0 Å². The molecule has 4 nitrogen and oxygen atoms in total. The van der Waals surface area contributed by atoms with Gasteiger partial charge >= 0.3 is 6.18 Å². The van der Waals surface area contributed by atoms with E-state index in [9.17, 15) is 17.4 Å². The Hall–Kier alpha value is -1.77. The molecule has 0 saturated heterocycles. The van der Waals surface area contributed by atoms with E-state index >= 15 is 0 Å². The summed E-state index contributed by atoms with van der Waals surface area (Å²) >= 11 is -2.01. The van der Waals surface area contributed by atoms with Gasteiger partial charge in [0.15, 0.2) is 11.1 Å². The van der Waals surface area contributed by atoms with Crippen LogP contribution in [0, 0.1) is 0 Å². The van der Waals surface area contributed by atoms with Crippen LogP contribution >= 0.6 is 0 Å². The van der Waals surface area contributed by atoms with Crippen LogP contribution in [-0.4, -0.2) is 19.3 Å². The zero-order valence-corrected chi connectivity index (χ0v) is 15.5. The second kappa shape index (κ2) is 7.85. The summed E-state index contributed by atoms with van der Waals surface area (Å²) in [5, 5.41) is 3.32. The number of nitrogens with one attached hydrogen (secondary N) is 1. The monoisotopic (exact) mass is 386 g/mol. The Labute approximate surface area is 153 Å². The van der Waals surface area contributed by atoms with Crippen molar-refractivity contribution in [2.24, 2.45) is 0 Å². The van der Waals surface area contributed by atoms with Crippen molar-refractivity contribution >= 4 is 11.1 Å². The molecule has 0 spiro atoms. The maximum atomic E-state index is 12.7. The summed E-state index contributed by atoms with van der Waals surface area (Å²) in [6.07, 6.45) is -3.32. The van der Waals surface area contributed by atoms with E-state index in [1.54, 1.807) is 6.07 Å². The smallest absolute Gasteiger partial charge is 0.308 e. The van der Waals surface area contributed by atoms with E-state index in [2.05, 4.69) is 10.3 Å². The van der Waals surface area contributed by atoms with Crippen LogP contribution in [0.3, 0.4) is 0 Å². The van der Waals surface area contributed by atoms with Gasteiger partial charge in [0.25, 0.3) is 0 Å². The first kappa shape index (κ1) is 20.5. The summed E-state index contributed by atoms with van der Waals surface area (Å²) < 4.78 is 58.3. The molecule has 1 atom stereocenters. The van der Waals surface area contributed by atoms with Gasteiger partial charge in [-0.05, 0) is 49.6 Å². The molecule has 2 rings (SSSR count). The minimum atomic E-state index is -4.49. The van der Waals surface area contributed by atoms with Gasteiger partial charge in [0.1, 0.15) is 5.69 Å². The second-order valence-corrected chi connectivity index (χ2v) is 7.97. The molecule has 2 aromatic rings. The Morgan fingerprint density at radius 1 is 1.08 bits per heavy atom. The summed E-state index contributed by atoms with van der Waals surface area (Å²) in [6, 6.07) is 7.63. The van der Waals surface area contributed by atoms with Gasteiger partial charge in [0, 0.05) is 23.8 Å². The highest BCUT2D eigenvalue weighted by molar-refractivity contribution is 7.78. The first-order valence-electron chi connectivity index (χ1n) is 7.93. The van der Waals surface area contributed by atoms with E-state index in [0.717, 1.165) is 11.6 Å². The number of halogens is 3. The van der Waals surface area contributed by atoms with Gasteiger partial charge in [-0.2, -0.15) is 13.2 Å². The summed E-state index contributed by atoms with van der Waals surface area (Å²) in [4.78, 5) is 3.48. The molecule has 0 fully saturated rings. The number of hydrogen-bond acceptors (Lipinski definition) is 3. The molecule has 0 aliphatic rings. The SMILES string of the molecule is CC(C)(C)NCc1cc(CS(=O)O)cc(-c2ccc(C(F)(F)F)nc2)c1. The number of pyridine rings is 1. The highest BCUT2D eigenvalue weighted by Gasteiger charge is 2.32. The van der Waals surface area contributed by atoms with Gasteiger partial charge in [-0.25, -0.2) is 4.21 Å². The molecule has 0 aliphatic heterocycles. The van der Waals surface area contributed by atoms with E-state index in [1.807, 2.05) is 32.9 Å². The number of nitrogens with zero attached hydrogens (tertiary/aromatic N) is 1. The number of hydrogen-bond donors (Lipinski definition) is 2. The Bertz CT molecular complexity index is 785. The Kier molecular flexibility index (Phi) is 6.21. The van der Waals surface area contributed by atoms with E-state index in [4.69, 9.17) is 4.55 Å². The first-order chi connectivity index (χ1) is 11.9. The fourth-order valence-electron chi connectivity index (χ4n) is 2.36. The van der Waals surface area contributed by atoms with Gasteiger partial charge in [0.05, 0.1) is 5.75 Å². The first-order valence-corrected chi connectivity index (χ1v) is 9.20. The van der Waals surface area contributed by atoms with Crippen LogP contribution < -0.4 is 5.32 Å². The lowest BCUT2D eigenvalue weighted by Crippen LogP contribution is -2.35. The molecule has 1 aromatic carbocycles. The largest absolute Gasteiger partial charge is 0.433 e. The second-order valence-electron chi connectivity index (χ2n) is 7.04. The predicted octanol–water partition coefficient (Wildman–Crippen LogP) is 4.38. The summed E-state index contributed by atoms with van der Waals surface area (Å²) in [7, 11) is 0. The van der Waals surface area contributed by atoms with Gasteiger partial charge in [0.2, 0.25) is 0 Å². The molecule has 0 saturated carbocycles. The fraction of sp³-hybridized carbons (Fsp3) is 0.389. The Morgan fingerprint density at radius 2 is 1.73 bits per heavy atom. The fourth-order valence-corrected chi connectivity index (χ4v) is 2.81. The minimum absolute atomic E-state index is 0.0512. The van der Waals surface area contributed by atoms with Crippen molar-refractivity contribution in [3.05, 3.63) is 53.3 Å². The topological polar surface area (TPSA) is 62.2 Å². The van der Waals surface area contributed by atoms with E-state index in [1.165, 1.54) is 12.3 Å². The van der Waals surface area contributed by atoms with Crippen LogP contribution in [0.15, 0.2) is 36.5 Å². The number of aromatic nitrogens is 1. The quantitative estimate of drug-likeness (QED) is 0.749. The van der Waals surface area contributed by atoms with E-state index in [-0.39, 0.29) is 11.3 Å². The van der Waals surface area contributed by atoms with Crippen LogP contribution in [0.1, 0.15) is 37.6 Å². The van der Waals surface area contributed by atoms with E-state index < -0.39 is 23.0 Å². The minimum Gasteiger partial charge on any atom is -0.308 e. The summed E-state index contributed by atoms with van der Waals surface area (Å²) in [6.45, 7) is 6.57. The maximum Gasteiger partial charge on any atom is 0.433 e. The lowest BCUT2D eigenvalue weighted by molar-refractivity contribution is -0.141. The van der Waals surface area contributed by atoms with Crippen LogP contribution in [0.2, 0.25) is 0 Å². The predicted molar refractivity (Wildman–Crippen MR) is 95.7 cm³/mol. The third kappa shape index (κ3) is 6.19. The number of benzene rings is 1. The number of rotatable bonds is 5. The van der Waals surface area contributed by atoms with Crippen molar-refractivity contribution in [2.75, 3.05) is 0 Å². The molecule has 0 aliphatic carbocycles. The van der Waals surface area contributed by atoms with Crippen LogP contribution in [0.25, 0.3) is 11.1 Å². The standard InChI is InChI=1S/C18H21F3N2O2S/c1-17(2,3)23-9-12-6-13(11-26(24)25)8-15(7-12)14-4-5-16(22-10-14)18(19,20)21/h4-8,10,23H,9,11H2,1-3H3,(H,24,25). The van der Waals surface area contributed by atoms with Crippen molar-refractivity contribution in [1.82, 2.24) is 10.3 Å². The van der Waals surface area contributed by atoms with Crippen LogP contribution in [0.4, 0.5) is 13.2 Å². The molecular weight excluding hydrogens is 365 g/mol. The third-order valence-electron chi connectivity index (χ3n) is 3.55. The molecule has 0 bridgehead atoms. The van der Waals surface area contributed by atoms with Crippen molar-refractivity contribution in [3.63, 3.8) is 0 Å². The molecular formula is C18H21F3N2O2S. The average Bonchev–Trinajstić information content (AvgIpc) is 2.51. The van der Waals surface area contributed by atoms with E-state index in [0.29, 0.717) is 23.2 Å². The molecule has 0 amide bonds. The van der Waals surface area contributed by atoms with Gasteiger partial charge in [-0.15, -0.1) is 0 Å². The summed E-state index contributed by atoms with van der Waals surface area (Å²) in [5.74, 6) is -0.0512. The number of alkyl halides is 3. The van der Waals surface area contributed by atoms with Crippen molar-refractivity contribution in [2.45, 2.75) is 44.8 Å². The molecule has 1 unspecified atom stereocenters. The molecule has 26 heavy (non-hydrogen) atoms. The van der Waals surface area contributed by atoms with Crippen molar-refractivity contribution in [1.29, 1.82) is 0 Å². The lowest BCUT2D eigenvalue weighted by atomic mass is 10.0. The lowest BCUT2D eigenvalue weighted by Gasteiger charge is -2.21. The Morgan fingerprint density at radius 3 is 2.23 bits per heavy atom. The highest BCUT2D eigenvalue weighted by atomic mass is 32.2.